The maximum atomic E-state index is 6.53. The van der Waals surface area contributed by atoms with Crippen molar-refractivity contribution in [2.24, 2.45) is 0 Å². The molecule has 1 atom stereocenters. The van der Waals surface area contributed by atoms with E-state index in [2.05, 4.69) is 33.2 Å². The summed E-state index contributed by atoms with van der Waals surface area (Å²) in [5.41, 5.74) is 3.16. The first-order chi connectivity index (χ1) is 11.7. The van der Waals surface area contributed by atoms with Crippen LogP contribution in [-0.2, 0) is 0 Å². The van der Waals surface area contributed by atoms with Gasteiger partial charge in [0.05, 0.1) is 21.7 Å². The molecule has 26 heavy (non-hydrogen) atoms. The van der Waals surface area contributed by atoms with E-state index < -0.39 is 0 Å². The average Bonchev–Trinajstić information content (AvgIpc) is 2.96. The number of H-pyrrole nitrogens is 1. The Hall–Kier alpha value is -0.370. The van der Waals surface area contributed by atoms with Gasteiger partial charge in [0.2, 0.25) is 0 Å². The summed E-state index contributed by atoms with van der Waals surface area (Å²) in [6, 6.07) is 4.16. The summed E-state index contributed by atoms with van der Waals surface area (Å²) in [6.45, 7) is 6.35. The van der Waals surface area contributed by atoms with Gasteiger partial charge in [0.15, 0.2) is 5.16 Å². The molecule has 5 nitrogen and oxygen atoms in total. The van der Waals surface area contributed by atoms with Crippen LogP contribution in [0.2, 0.25) is 5.02 Å². The Bertz CT molecular complexity index is 720. The van der Waals surface area contributed by atoms with Crippen LogP contribution in [0.5, 0.6) is 0 Å². The zero-order valence-corrected chi connectivity index (χ0v) is 18.0. The normalized spacial score (nSPS) is 21.3. The minimum Gasteiger partial charge on any atom is -0.368 e. The molecule has 0 spiro atoms. The summed E-state index contributed by atoms with van der Waals surface area (Å²) in [5.74, 6) is 0. The highest BCUT2D eigenvalue weighted by Gasteiger charge is 2.20. The van der Waals surface area contributed by atoms with E-state index in [0.717, 1.165) is 59.6 Å². The Labute approximate surface area is 176 Å². The van der Waals surface area contributed by atoms with Crippen molar-refractivity contribution in [3.05, 3.63) is 17.2 Å². The predicted octanol–water partition coefficient (Wildman–Crippen LogP) is 3.66. The second-order valence-electron chi connectivity index (χ2n) is 6.74. The van der Waals surface area contributed by atoms with Crippen molar-refractivity contribution in [1.29, 1.82) is 0 Å². The van der Waals surface area contributed by atoms with Crippen molar-refractivity contribution >= 4 is 64.9 Å². The molecule has 0 saturated carbocycles. The van der Waals surface area contributed by atoms with E-state index in [1.54, 1.807) is 0 Å². The molecule has 1 aromatic heterocycles. The molecule has 4 rings (SSSR count). The lowest BCUT2D eigenvalue weighted by molar-refractivity contribution is 0.283. The third-order valence-electron chi connectivity index (χ3n) is 4.85. The van der Waals surface area contributed by atoms with Crippen LogP contribution in [0.25, 0.3) is 11.0 Å². The van der Waals surface area contributed by atoms with E-state index in [1.165, 1.54) is 19.4 Å². The highest BCUT2D eigenvalue weighted by Crippen LogP contribution is 2.33. The summed E-state index contributed by atoms with van der Waals surface area (Å²) >= 11 is 8.39. The van der Waals surface area contributed by atoms with E-state index in [4.69, 9.17) is 16.6 Å². The van der Waals surface area contributed by atoms with Gasteiger partial charge in [-0.1, -0.05) is 23.4 Å². The summed E-state index contributed by atoms with van der Waals surface area (Å²) in [5, 5.41) is 5.81. The standard InChI is InChI=1S/C17H24ClN5S.2ClH/c1-22-6-2-3-12(11-22)24-17-20-14-9-13(18)16(10-15(14)21-17)23-7-4-19-5-8-23;;/h9-10,12,19H,2-8,11H2,1H3,(H,20,21);2*1H. The SMILES string of the molecule is CN1CCCC(Sc2nc3cc(Cl)c(N4CCNCC4)cc3[nH]2)C1.Cl.Cl. The quantitative estimate of drug-likeness (QED) is 0.766. The first kappa shape index (κ1) is 21.9. The Morgan fingerprint density at radius 2 is 1.96 bits per heavy atom. The number of fused-ring (bicyclic) bond motifs is 1. The number of nitrogens with zero attached hydrogens (tertiary/aromatic N) is 3. The Morgan fingerprint density at radius 1 is 1.19 bits per heavy atom. The number of hydrogen-bond acceptors (Lipinski definition) is 5. The predicted molar refractivity (Wildman–Crippen MR) is 117 cm³/mol. The van der Waals surface area contributed by atoms with Crippen molar-refractivity contribution < 1.29 is 0 Å². The lowest BCUT2D eigenvalue weighted by atomic mass is 10.1. The smallest absolute Gasteiger partial charge is 0.166 e. The lowest BCUT2D eigenvalue weighted by Crippen LogP contribution is -2.43. The molecule has 0 amide bonds. The molecule has 0 bridgehead atoms. The third kappa shape index (κ3) is 4.91. The fraction of sp³-hybridized carbons (Fsp3) is 0.588. The molecular weight excluding hydrogens is 413 g/mol. The highest BCUT2D eigenvalue weighted by atomic mass is 35.5. The molecular formula is C17H26Cl3N5S. The number of likely N-dealkylation sites (tertiary alicyclic amines) is 1. The lowest BCUT2D eigenvalue weighted by Gasteiger charge is -2.30. The number of nitrogens with one attached hydrogen (secondary N) is 2. The van der Waals surface area contributed by atoms with Gasteiger partial charge in [-0.2, -0.15) is 0 Å². The van der Waals surface area contributed by atoms with Gasteiger partial charge in [-0.25, -0.2) is 4.98 Å². The molecule has 0 aliphatic carbocycles. The molecule has 2 fully saturated rings. The molecule has 2 aromatic rings. The average molecular weight is 439 g/mol. The van der Waals surface area contributed by atoms with E-state index in [-0.39, 0.29) is 24.8 Å². The second-order valence-corrected chi connectivity index (χ2v) is 8.44. The topological polar surface area (TPSA) is 47.2 Å². The number of aromatic nitrogens is 2. The van der Waals surface area contributed by atoms with Crippen LogP contribution in [0.1, 0.15) is 12.8 Å². The minimum atomic E-state index is 0. The first-order valence-corrected chi connectivity index (χ1v) is 9.95. The van der Waals surface area contributed by atoms with E-state index in [0.29, 0.717) is 5.25 Å². The van der Waals surface area contributed by atoms with Crippen LogP contribution in [0.15, 0.2) is 17.3 Å². The van der Waals surface area contributed by atoms with Crippen molar-refractivity contribution in [2.75, 3.05) is 51.2 Å². The fourth-order valence-electron chi connectivity index (χ4n) is 3.57. The molecule has 3 heterocycles. The van der Waals surface area contributed by atoms with Gasteiger partial charge in [-0.15, -0.1) is 24.8 Å². The monoisotopic (exact) mass is 437 g/mol. The maximum Gasteiger partial charge on any atom is 0.166 e. The van der Waals surface area contributed by atoms with Crippen molar-refractivity contribution in [2.45, 2.75) is 23.2 Å². The van der Waals surface area contributed by atoms with Gasteiger partial charge >= 0.3 is 0 Å². The van der Waals surface area contributed by atoms with Gasteiger partial charge in [0, 0.05) is 38.0 Å². The zero-order valence-electron chi connectivity index (χ0n) is 14.8. The number of piperazine rings is 1. The molecule has 2 saturated heterocycles. The molecule has 1 unspecified atom stereocenters. The van der Waals surface area contributed by atoms with Gasteiger partial charge in [-0.05, 0) is 38.6 Å². The number of rotatable bonds is 3. The van der Waals surface area contributed by atoms with E-state index in [1.807, 2.05) is 17.8 Å². The molecule has 9 heteroatoms. The van der Waals surface area contributed by atoms with Crippen molar-refractivity contribution in [3.63, 3.8) is 0 Å². The fourth-order valence-corrected chi connectivity index (χ4v) is 5.10. The van der Waals surface area contributed by atoms with Gasteiger partial charge < -0.3 is 20.1 Å². The first-order valence-electron chi connectivity index (χ1n) is 8.69. The largest absolute Gasteiger partial charge is 0.368 e. The summed E-state index contributed by atoms with van der Waals surface area (Å²) in [6.07, 6.45) is 2.53. The van der Waals surface area contributed by atoms with Crippen LogP contribution in [0.3, 0.4) is 0 Å². The second kappa shape index (κ2) is 9.71. The van der Waals surface area contributed by atoms with E-state index in [9.17, 15) is 0 Å². The molecule has 2 aliphatic rings. The Balaban J connectivity index is 0.00000121. The van der Waals surface area contributed by atoms with Crippen LogP contribution >= 0.6 is 48.2 Å². The van der Waals surface area contributed by atoms with Crippen LogP contribution < -0.4 is 10.2 Å². The highest BCUT2D eigenvalue weighted by molar-refractivity contribution is 7.99. The number of anilines is 1. The van der Waals surface area contributed by atoms with Gasteiger partial charge in [0.25, 0.3) is 0 Å². The zero-order chi connectivity index (χ0) is 16.5. The Kier molecular flexibility index (Phi) is 8.19. The summed E-state index contributed by atoms with van der Waals surface area (Å²) in [4.78, 5) is 13.0. The van der Waals surface area contributed by atoms with Crippen LogP contribution in [-0.4, -0.2) is 66.4 Å². The molecule has 146 valence electrons. The number of piperidine rings is 1. The number of halogens is 3. The third-order valence-corrected chi connectivity index (χ3v) is 6.28. The van der Waals surface area contributed by atoms with Gasteiger partial charge in [0.1, 0.15) is 0 Å². The molecule has 0 radical (unpaired) electrons. The van der Waals surface area contributed by atoms with Gasteiger partial charge in [-0.3, -0.25) is 0 Å². The van der Waals surface area contributed by atoms with Crippen LogP contribution in [0.4, 0.5) is 5.69 Å². The molecule has 2 aliphatic heterocycles. The summed E-state index contributed by atoms with van der Waals surface area (Å²) in [7, 11) is 2.20. The summed E-state index contributed by atoms with van der Waals surface area (Å²) < 4.78 is 0. The molecule has 2 N–H and O–H groups in total. The number of benzene rings is 1. The number of imidazole rings is 1. The van der Waals surface area contributed by atoms with E-state index >= 15 is 0 Å². The van der Waals surface area contributed by atoms with Crippen molar-refractivity contribution in [1.82, 2.24) is 20.2 Å². The minimum absolute atomic E-state index is 0. The van der Waals surface area contributed by atoms with Crippen LogP contribution in [0, 0.1) is 0 Å². The number of hydrogen-bond donors (Lipinski definition) is 2. The number of aromatic amines is 1. The molecule has 1 aromatic carbocycles. The number of thioether (sulfide) groups is 1. The van der Waals surface area contributed by atoms with Crippen molar-refractivity contribution in [3.8, 4) is 0 Å². The Morgan fingerprint density at radius 3 is 2.69 bits per heavy atom. The maximum absolute atomic E-state index is 6.53.